The SMILES string of the molecule is Cc1nnc(SC(C(=O)NC(N)=O)c2ccccc2)n1C1CC1. The minimum Gasteiger partial charge on any atom is -0.351 e. The number of urea groups is 1. The third kappa shape index (κ3) is 3.53. The van der Waals surface area contributed by atoms with Crippen LogP contribution >= 0.6 is 11.8 Å². The molecular weight excluding hydrogens is 314 g/mol. The number of benzene rings is 1. The van der Waals surface area contributed by atoms with Crippen LogP contribution in [0.3, 0.4) is 0 Å². The molecule has 1 aromatic carbocycles. The highest BCUT2D eigenvalue weighted by molar-refractivity contribution is 8.00. The fourth-order valence-corrected chi connectivity index (χ4v) is 3.53. The van der Waals surface area contributed by atoms with E-state index in [-0.39, 0.29) is 0 Å². The summed E-state index contributed by atoms with van der Waals surface area (Å²) in [7, 11) is 0. The summed E-state index contributed by atoms with van der Waals surface area (Å²) in [6.07, 6.45) is 2.19. The molecule has 0 aliphatic heterocycles. The minimum atomic E-state index is -0.864. The summed E-state index contributed by atoms with van der Waals surface area (Å²) in [5.41, 5.74) is 5.86. The van der Waals surface area contributed by atoms with Crippen LogP contribution < -0.4 is 11.1 Å². The Kier molecular flexibility index (Phi) is 4.33. The number of nitrogens with two attached hydrogens (primary N) is 1. The number of carbonyl (C=O) groups excluding carboxylic acids is 2. The quantitative estimate of drug-likeness (QED) is 0.815. The van der Waals surface area contributed by atoms with Crippen molar-refractivity contribution >= 4 is 23.7 Å². The Bertz CT molecular complexity index is 727. The van der Waals surface area contributed by atoms with Gasteiger partial charge in [-0.05, 0) is 25.3 Å². The van der Waals surface area contributed by atoms with E-state index >= 15 is 0 Å². The standard InChI is InChI=1S/C15H17N5O2S/c1-9-18-19-15(20(9)11-7-8-11)23-12(13(21)17-14(16)22)10-5-3-2-4-6-10/h2-6,11-12H,7-8H2,1H3,(H3,16,17,21,22). The van der Waals surface area contributed by atoms with Crippen LogP contribution in [-0.2, 0) is 4.79 Å². The lowest BCUT2D eigenvalue weighted by atomic mass is 10.1. The number of thioether (sulfide) groups is 1. The van der Waals surface area contributed by atoms with E-state index in [0.717, 1.165) is 24.2 Å². The Morgan fingerprint density at radius 3 is 2.61 bits per heavy atom. The Balaban J connectivity index is 1.90. The largest absolute Gasteiger partial charge is 0.351 e. The molecule has 1 aliphatic rings. The number of rotatable bonds is 5. The maximum Gasteiger partial charge on any atom is 0.318 e. The lowest BCUT2D eigenvalue weighted by molar-refractivity contribution is -0.119. The molecule has 0 saturated heterocycles. The molecule has 1 unspecified atom stereocenters. The van der Waals surface area contributed by atoms with Crippen LogP contribution in [0.15, 0.2) is 35.5 Å². The van der Waals surface area contributed by atoms with Crippen molar-refractivity contribution in [3.8, 4) is 0 Å². The van der Waals surface area contributed by atoms with Crippen LogP contribution in [0.2, 0.25) is 0 Å². The topological polar surface area (TPSA) is 103 Å². The zero-order valence-electron chi connectivity index (χ0n) is 12.6. The summed E-state index contributed by atoms with van der Waals surface area (Å²) >= 11 is 1.28. The second kappa shape index (κ2) is 6.41. The summed E-state index contributed by atoms with van der Waals surface area (Å²) in [4.78, 5) is 23.4. The number of carbonyl (C=O) groups is 2. The van der Waals surface area contributed by atoms with Crippen LogP contribution in [0.25, 0.3) is 0 Å². The van der Waals surface area contributed by atoms with E-state index in [1.807, 2.05) is 37.3 Å². The van der Waals surface area contributed by atoms with Crippen molar-refractivity contribution in [3.05, 3.63) is 41.7 Å². The molecule has 1 heterocycles. The number of aryl methyl sites for hydroxylation is 1. The van der Waals surface area contributed by atoms with Gasteiger partial charge < -0.3 is 10.3 Å². The Morgan fingerprint density at radius 1 is 1.30 bits per heavy atom. The van der Waals surface area contributed by atoms with E-state index < -0.39 is 17.2 Å². The third-order valence-electron chi connectivity index (χ3n) is 3.56. The molecule has 120 valence electrons. The van der Waals surface area contributed by atoms with E-state index in [1.165, 1.54) is 11.8 Å². The first-order valence-corrected chi connectivity index (χ1v) is 8.17. The van der Waals surface area contributed by atoms with Crippen LogP contribution in [0.1, 0.15) is 35.5 Å². The van der Waals surface area contributed by atoms with Gasteiger partial charge in [0.25, 0.3) is 0 Å². The zero-order chi connectivity index (χ0) is 16.4. The van der Waals surface area contributed by atoms with Gasteiger partial charge in [0.15, 0.2) is 5.16 Å². The number of nitrogens with one attached hydrogen (secondary N) is 1. The first kappa shape index (κ1) is 15.5. The normalized spacial score (nSPS) is 15.2. The predicted molar refractivity (Wildman–Crippen MR) is 85.8 cm³/mol. The lowest BCUT2D eigenvalue weighted by Crippen LogP contribution is -2.37. The van der Waals surface area contributed by atoms with Crippen molar-refractivity contribution < 1.29 is 9.59 Å². The van der Waals surface area contributed by atoms with E-state index in [1.54, 1.807) is 0 Å². The summed E-state index contributed by atoms with van der Waals surface area (Å²) < 4.78 is 2.05. The Morgan fingerprint density at radius 2 is 2.00 bits per heavy atom. The molecule has 0 radical (unpaired) electrons. The first-order chi connectivity index (χ1) is 11.1. The van der Waals surface area contributed by atoms with Gasteiger partial charge in [0, 0.05) is 6.04 Å². The van der Waals surface area contributed by atoms with Crippen LogP contribution in [0, 0.1) is 6.92 Å². The first-order valence-electron chi connectivity index (χ1n) is 7.29. The second-order valence-electron chi connectivity index (χ2n) is 5.39. The third-order valence-corrected chi connectivity index (χ3v) is 4.77. The van der Waals surface area contributed by atoms with Crippen molar-refractivity contribution in [2.24, 2.45) is 5.73 Å². The number of aromatic nitrogens is 3. The van der Waals surface area contributed by atoms with E-state index in [4.69, 9.17) is 5.73 Å². The van der Waals surface area contributed by atoms with E-state index in [0.29, 0.717) is 11.2 Å². The lowest BCUT2D eigenvalue weighted by Gasteiger charge is -2.16. The molecule has 1 saturated carbocycles. The zero-order valence-corrected chi connectivity index (χ0v) is 13.4. The van der Waals surface area contributed by atoms with Gasteiger partial charge in [-0.3, -0.25) is 10.1 Å². The molecule has 1 atom stereocenters. The van der Waals surface area contributed by atoms with Gasteiger partial charge in [-0.2, -0.15) is 0 Å². The van der Waals surface area contributed by atoms with Gasteiger partial charge in [-0.25, -0.2) is 4.79 Å². The Labute approximate surface area is 137 Å². The van der Waals surface area contributed by atoms with Crippen LogP contribution in [0.5, 0.6) is 0 Å². The molecule has 23 heavy (non-hydrogen) atoms. The number of amides is 3. The van der Waals surface area contributed by atoms with Crippen molar-refractivity contribution in [3.63, 3.8) is 0 Å². The van der Waals surface area contributed by atoms with E-state index in [2.05, 4.69) is 20.1 Å². The molecule has 1 fully saturated rings. The maximum atomic E-state index is 12.4. The van der Waals surface area contributed by atoms with Gasteiger partial charge in [-0.15, -0.1) is 10.2 Å². The highest BCUT2D eigenvalue weighted by Crippen LogP contribution is 2.42. The number of nitrogens with zero attached hydrogens (tertiary/aromatic N) is 3. The fraction of sp³-hybridized carbons (Fsp3) is 0.333. The van der Waals surface area contributed by atoms with Crippen LogP contribution in [0.4, 0.5) is 4.79 Å². The second-order valence-corrected chi connectivity index (χ2v) is 6.47. The monoisotopic (exact) mass is 331 g/mol. The molecule has 3 amide bonds. The van der Waals surface area contributed by atoms with Crippen LogP contribution in [-0.4, -0.2) is 26.7 Å². The van der Waals surface area contributed by atoms with Gasteiger partial charge in [0.2, 0.25) is 5.91 Å². The molecule has 8 heteroatoms. The number of primary amides is 1. The molecule has 2 aromatic rings. The van der Waals surface area contributed by atoms with Crippen molar-refractivity contribution in [2.75, 3.05) is 0 Å². The molecule has 3 rings (SSSR count). The predicted octanol–water partition coefficient (Wildman–Crippen LogP) is 1.95. The fourth-order valence-electron chi connectivity index (χ4n) is 2.38. The highest BCUT2D eigenvalue weighted by Gasteiger charge is 2.31. The van der Waals surface area contributed by atoms with Crippen molar-refractivity contribution in [1.29, 1.82) is 0 Å². The average molecular weight is 331 g/mol. The molecule has 0 bridgehead atoms. The van der Waals surface area contributed by atoms with E-state index in [9.17, 15) is 9.59 Å². The number of imide groups is 1. The molecule has 1 aliphatic carbocycles. The summed E-state index contributed by atoms with van der Waals surface area (Å²) in [5.74, 6) is 0.369. The van der Waals surface area contributed by atoms with Crippen molar-refractivity contribution in [1.82, 2.24) is 20.1 Å². The van der Waals surface area contributed by atoms with Gasteiger partial charge in [0.1, 0.15) is 11.1 Å². The Hall–Kier alpha value is -2.35. The number of hydrogen-bond acceptors (Lipinski definition) is 5. The van der Waals surface area contributed by atoms with Crippen molar-refractivity contribution in [2.45, 2.75) is 36.2 Å². The molecule has 3 N–H and O–H groups in total. The summed E-state index contributed by atoms with van der Waals surface area (Å²) in [6, 6.07) is 8.77. The molecule has 1 aromatic heterocycles. The smallest absolute Gasteiger partial charge is 0.318 e. The molecule has 0 spiro atoms. The molecular formula is C15H17N5O2S. The minimum absolute atomic E-state index is 0.406. The maximum absolute atomic E-state index is 12.4. The average Bonchev–Trinajstić information content (AvgIpc) is 3.28. The number of hydrogen-bond donors (Lipinski definition) is 2. The van der Waals surface area contributed by atoms with Gasteiger partial charge in [0.05, 0.1) is 0 Å². The summed E-state index contributed by atoms with van der Waals surface area (Å²) in [5, 5.41) is 10.5. The van der Waals surface area contributed by atoms with Gasteiger partial charge in [-0.1, -0.05) is 42.1 Å². The molecule has 7 nitrogen and oxygen atoms in total. The highest BCUT2D eigenvalue weighted by atomic mass is 32.2. The summed E-state index contributed by atoms with van der Waals surface area (Å²) in [6.45, 7) is 1.90. The van der Waals surface area contributed by atoms with Gasteiger partial charge >= 0.3 is 6.03 Å².